The van der Waals surface area contributed by atoms with Gasteiger partial charge < -0.3 is 4.52 Å². The predicted molar refractivity (Wildman–Crippen MR) is 41.9 cm³/mol. The van der Waals surface area contributed by atoms with Crippen LogP contribution in [0.3, 0.4) is 0 Å². The summed E-state index contributed by atoms with van der Waals surface area (Å²) in [4.78, 5) is -0.331. The summed E-state index contributed by atoms with van der Waals surface area (Å²) in [5, 5.41) is 0. The van der Waals surface area contributed by atoms with Crippen LogP contribution >= 0.6 is 20.1 Å². The number of hydrogen-bond acceptors (Lipinski definition) is 3. The molecule has 0 spiro atoms. The van der Waals surface area contributed by atoms with Gasteiger partial charge in [-0.3, -0.25) is 10.1 Å². The summed E-state index contributed by atoms with van der Waals surface area (Å²) >= 11 is 3.98. The molecule has 2 unspecified atom stereocenters. The first-order valence-corrected chi connectivity index (χ1v) is 4.94. The second-order valence-electron chi connectivity index (χ2n) is 1.72. The SMILES string of the molecule is CCC(S)P(N)(=O)OC. The predicted octanol–water partition coefficient (Wildman–Crippen LogP) is 1.45. The smallest absolute Gasteiger partial charge is 0.279 e. The van der Waals surface area contributed by atoms with E-state index >= 15 is 0 Å². The minimum absolute atomic E-state index is 0.331. The molecule has 3 nitrogen and oxygen atoms in total. The Balaban J connectivity index is 3.98. The molecule has 0 radical (unpaired) electrons. The van der Waals surface area contributed by atoms with E-state index in [1.807, 2.05) is 6.92 Å². The lowest BCUT2D eigenvalue weighted by atomic mass is 10.6. The molecule has 9 heavy (non-hydrogen) atoms. The summed E-state index contributed by atoms with van der Waals surface area (Å²) in [6.07, 6.45) is 0.657. The summed E-state index contributed by atoms with van der Waals surface area (Å²) in [5.41, 5.74) is 5.23. The first-order chi connectivity index (χ1) is 4.04. The molecule has 0 saturated heterocycles. The van der Waals surface area contributed by atoms with Gasteiger partial charge in [0.1, 0.15) is 0 Å². The van der Waals surface area contributed by atoms with E-state index in [1.165, 1.54) is 7.11 Å². The highest BCUT2D eigenvalue weighted by atomic mass is 32.1. The minimum Gasteiger partial charge on any atom is -0.320 e. The molecular formula is C4H12NO2PS. The zero-order valence-electron chi connectivity index (χ0n) is 5.57. The van der Waals surface area contributed by atoms with Crippen molar-refractivity contribution in [1.29, 1.82) is 0 Å². The van der Waals surface area contributed by atoms with Crippen molar-refractivity contribution in [2.24, 2.45) is 5.50 Å². The Bertz CT molecular complexity index is 130. The Labute approximate surface area is 60.9 Å². The summed E-state index contributed by atoms with van der Waals surface area (Å²) in [6, 6.07) is 0. The van der Waals surface area contributed by atoms with E-state index in [0.29, 0.717) is 6.42 Å². The van der Waals surface area contributed by atoms with E-state index in [1.54, 1.807) is 0 Å². The molecular weight excluding hydrogens is 157 g/mol. The van der Waals surface area contributed by atoms with Crippen LogP contribution in [-0.2, 0) is 9.09 Å². The Hall–Kier alpha value is 0.500. The van der Waals surface area contributed by atoms with E-state index in [4.69, 9.17) is 5.50 Å². The summed E-state index contributed by atoms with van der Waals surface area (Å²) in [5.74, 6) is 0. The Morgan fingerprint density at radius 3 is 2.44 bits per heavy atom. The van der Waals surface area contributed by atoms with Gasteiger partial charge in [-0.2, -0.15) is 12.6 Å². The van der Waals surface area contributed by atoms with E-state index in [0.717, 1.165) is 0 Å². The fourth-order valence-corrected chi connectivity index (χ4v) is 1.41. The zero-order chi connectivity index (χ0) is 7.49. The molecule has 0 fully saturated rings. The number of nitrogens with two attached hydrogens (primary N) is 1. The van der Waals surface area contributed by atoms with Gasteiger partial charge in [0.2, 0.25) is 0 Å². The van der Waals surface area contributed by atoms with Crippen molar-refractivity contribution in [1.82, 2.24) is 0 Å². The monoisotopic (exact) mass is 169 g/mol. The topological polar surface area (TPSA) is 52.3 Å². The van der Waals surface area contributed by atoms with Gasteiger partial charge in [0.05, 0.1) is 4.99 Å². The number of rotatable bonds is 3. The fourth-order valence-electron chi connectivity index (χ4n) is 0.376. The molecule has 0 heterocycles. The van der Waals surface area contributed by atoms with Crippen LogP contribution in [0.15, 0.2) is 0 Å². The maximum atomic E-state index is 11.0. The van der Waals surface area contributed by atoms with Gasteiger partial charge in [-0.25, -0.2) is 0 Å². The van der Waals surface area contributed by atoms with E-state index in [-0.39, 0.29) is 4.99 Å². The van der Waals surface area contributed by atoms with E-state index < -0.39 is 7.52 Å². The first-order valence-electron chi connectivity index (χ1n) is 2.66. The van der Waals surface area contributed by atoms with Crippen LogP contribution in [0.1, 0.15) is 13.3 Å². The maximum Gasteiger partial charge on any atom is 0.279 e. The molecule has 0 aromatic heterocycles. The molecule has 56 valence electrons. The van der Waals surface area contributed by atoms with Crippen LogP contribution in [0.4, 0.5) is 0 Å². The molecule has 5 heteroatoms. The van der Waals surface area contributed by atoms with Gasteiger partial charge in [-0.15, -0.1) is 0 Å². The zero-order valence-corrected chi connectivity index (χ0v) is 7.36. The molecule has 0 aromatic rings. The van der Waals surface area contributed by atoms with Crippen LogP contribution in [0.2, 0.25) is 0 Å². The first kappa shape index (κ1) is 9.50. The van der Waals surface area contributed by atoms with Crippen molar-refractivity contribution >= 4 is 20.1 Å². The third kappa shape index (κ3) is 2.72. The lowest BCUT2D eigenvalue weighted by molar-refractivity contribution is 0.391. The lowest BCUT2D eigenvalue weighted by Gasteiger charge is -2.14. The second kappa shape index (κ2) is 3.62. The van der Waals surface area contributed by atoms with Crippen LogP contribution in [0.5, 0.6) is 0 Å². The molecule has 0 rings (SSSR count). The van der Waals surface area contributed by atoms with Gasteiger partial charge >= 0.3 is 0 Å². The van der Waals surface area contributed by atoms with Crippen molar-refractivity contribution in [2.45, 2.75) is 18.3 Å². The van der Waals surface area contributed by atoms with Gasteiger partial charge in [0, 0.05) is 7.11 Å². The molecule has 2 N–H and O–H groups in total. The Morgan fingerprint density at radius 1 is 1.89 bits per heavy atom. The van der Waals surface area contributed by atoms with Gasteiger partial charge in [-0.05, 0) is 6.42 Å². The minimum atomic E-state index is -2.90. The molecule has 0 saturated carbocycles. The molecule has 0 aliphatic carbocycles. The summed E-state index contributed by atoms with van der Waals surface area (Å²) in [7, 11) is -1.57. The van der Waals surface area contributed by atoms with Crippen LogP contribution in [-0.4, -0.2) is 12.1 Å². The van der Waals surface area contributed by atoms with Crippen LogP contribution in [0, 0.1) is 0 Å². The second-order valence-corrected chi connectivity index (χ2v) is 5.03. The third-order valence-electron chi connectivity index (χ3n) is 1.07. The lowest BCUT2D eigenvalue weighted by Crippen LogP contribution is -2.08. The fraction of sp³-hybridized carbons (Fsp3) is 1.00. The molecule has 0 aliphatic rings. The maximum absolute atomic E-state index is 11.0. The molecule has 0 amide bonds. The Kier molecular flexibility index (Phi) is 3.82. The molecule has 0 aliphatic heterocycles. The molecule has 0 aromatic carbocycles. The summed E-state index contributed by atoms with van der Waals surface area (Å²) < 4.78 is 15.5. The third-order valence-corrected chi connectivity index (χ3v) is 4.16. The molecule has 0 bridgehead atoms. The number of hydrogen-bond donors (Lipinski definition) is 2. The quantitative estimate of drug-likeness (QED) is 0.496. The Morgan fingerprint density at radius 2 is 2.33 bits per heavy atom. The standard InChI is InChI=1S/C4H12NO2PS/c1-3-4(9)8(5,6)7-2/h4,9H,3H2,1-2H3,(H2,5,6). The number of thiol groups is 1. The van der Waals surface area contributed by atoms with Gasteiger partial charge in [-0.1, -0.05) is 6.92 Å². The average Bonchev–Trinajstić information content (AvgIpc) is 1.86. The van der Waals surface area contributed by atoms with Crippen molar-refractivity contribution in [3.63, 3.8) is 0 Å². The highest BCUT2D eigenvalue weighted by Crippen LogP contribution is 2.45. The van der Waals surface area contributed by atoms with E-state index in [9.17, 15) is 4.57 Å². The molecule has 2 atom stereocenters. The van der Waals surface area contributed by atoms with Gasteiger partial charge in [0.25, 0.3) is 7.52 Å². The van der Waals surface area contributed by atoms with E-state index in [2.05, 4.69) is 17.2 Å². The highest BCUT2D eigenvalue weighted by molar-refractivity contribution is 7.90. The summed E-state index contributed by atoms with van der Waals surface area (Å²) in [6.45, 7) is 1.86. The van der Waals surface area contributed by atoms with Crippen LogP contribution < -0.4 is 5.50 Å². The normalized spacial score (nSPS) is 20.9. The van der Waals surface area contributed by atoms with Crippen molar-refractivity contribution in [3.8, 4) is 0 Å². The highest BCUT2D eigenvalue weighted by Gasteiger charge is 2.23. The van der Waals surface area contributed by atoms with Crippen molar-refractivity contribution in [2.75, 3.05) is 7.11 Å². The largest absolute Gasteiger partial charge is 0.320 e. The van der Waals surface area contributed by atoms with Crippen molar-refractivity contribution in [3.05, 3.63) is 0 Å². The van der Waals surface area contributed by atoms with Crippen molar-refractivity contribution < 1.29 is 9.09 Å². The van der Waals surface area contributed by atoms with Crippen LogP contribution in [0.25, 0.3) is 0 Å². The van der Waals surface area contributed by atoms with Gasteiger partial charge in [0.15, 0.2) is 0 Å². The average molecular weight is 169 g/mol.